The van der Waals surface area contributed by atoms with E-state index in [0.717, 1.165) is 10.1 Å². The molecule has 1 atom stereocenters. The van der Waals surface area contributed by atoms with Gasteiger partial charge >= 0.3 is 11.9 Å². The molecule has 8 heteroatoms. The zero-order valence-corrected chi connectivity index (χ0v) is 13.4. The number of thiophene rings is 1. The number of cyclic esters (lactones) is 1. The molecule has 0 aliphatic carbocycles. The Morgan fingerprint density at radius 1 is 1.39 bits per heavy atom. The van der Waals surface area contributed by atoms with Gasteiger partial charge in [0.25, 0.3) is 5.91 Å². The molecule has 0 saturated carbocycles. The van der Waals surface area contributed by atoms with E-state index in [-0.39, 0.29) is 13.2 Å². The van der Waals surface area contributed by atoms with E-state index in [0.29, 0.717) is 16.3 Å². The summed E-state index contributed by atoms with van der Waals surface area (Å²) in [6, 6.07) is 7.38. The van der Waals surface area contributed by atoms with Gasteiger partial charge in [-0.2, -0.15) is 0 Å². The summed E-state index contributed by atoms with van der Waals surface area (Å²) in [5.41, 5.74) is 0. The average molecular weight is 354 g/mol. The summed E-state index contributed by atoms with van der Waals surface area (Å²) in [5, 5.41) is 3.60. The fraction of sp³-hybridized carbons (Fsp3) is 0.267. The molecule has 2 heterocycles. The fourth-order valence-corrected chi connectivity index (χ4v) is 3.61. The second-order valence-corrected chi connectivity index (χ2v) is 6.29. The van der Waals surface area contributed by atoms with Gasteiger partial charge in [-0.25, -0.2) is 4.79 Å². The monoisotopic (exact) mass is 353 g/mol. The maximum atomic E-state index is 12.2. The third-order valence-corrected chi connectivity index (χ3v) is 4.97. The van der Waals surface area contributed by atoms with Gasteiger partial charge in [-0.05, 0) is 6.07 Å². The molecule has 1 aromatic carbocycles. The number of carbonyl (C=O) groups excluding carboxylic acids is 3. The van der Waals surface area contributed by atoms with Gasteiger partial charge in [0.2, 0.25) is 6.10 Å². The van der Waals surface area contributed by atoms with E-state index in [1.54, 1.807) is 0 Å². The van der Waals surface area contributed by atoms with Gasteiger partial charge < -0.3 is 14.8 Å². The van der Waals surface area contributed by atoms with Gasteiger partial charge in [-0.15, -0.1) is 11.3 Å². The van der Waals surface area contributed by atoms with Crippen LogP contribution in [0.4, 0.5) is 0 Å². The zero-order chi connectivity index (χ0) is 16.4. The Bertz CT molecular complexity index is 787. The first kappa shape index (κ1) is 15.8. The summed E-state index contributed by atoms with van der Waals surface area (Å²) in [6.45, 7) is -0.103. The quantitative estimate of drug-likeness (QED) is 0.852. The first-order valence-corrected chi connectivity index (χ1v) is 8.07. The minimum Gasteiger partial charge on any atom is -0.463 e. The van der Waals surface area contributed by atoms with E-state index < -0.39 is 23.9 Å². The molecule has 3 rings (SSSR count). The van der Waals surface area contributed by atoms with Crippen LogP contribution in [0.25, 0.3) is 10.1 Å². The highest BCUT2D eigenvalue weighted by atomic mass is 35.5. The molecule has 0 unspecified atom stereocenters. The number of carbonyl (C=O) groups is 3. The Kier molecular flexibility index (Phi) is 4.49. The lowest BCUT2D eigenvalue weighted by Gasteiger charge is -2.08. The molecule has 23 heavy (non-hydrogen) atoms. The number of rotatable bonds is 4. The van der Waals surface area contributed by atoms with Crippen LogP contribution in [-0.2, 0) is 19.1 Å². The molecular formula is C15H12ClNO5S. The molecule has 0 radical (unpaired) electrons. The molecule has 0 spiro atoms. The second-order valence-electron chi connectivity index (χ2n) is 4.86. The SMILES string of the molecule is O=C(CNC(=O)c1sc2ccccc2c1Cl)O[C@@H]1CCOC1=O. The van der Waals surface area contributed by atoms with Gasteiger partial charge in [0.15, 0.2) is 0 Å². The first-order chi connectivity index (χ1) is 11.1. The van der Waals surface area contributed by atoms with Crippen molar-refractivity contribution in [3.8, 4) is 0 Å². The molecular weight excluding hydrogens is 342 g/mol. The van der Waals surface area contributed by atoms with Crippen molar-refractivity contribution >= 4 is 50.9 Å². The molecule has 1 fully saturated rings. The largest absolute Gasteiger partial charge is 0.463 e. The zero-order valence-electron chi connectivity index (χ0n) is 11.8. The molecule has 1 aliphatic heterocycles. The fourth-order valence-electron chi connectivity index (χ4n) is 2.18. The van der Waals surface area contributed by atoms with E-state index in [1.807, 2.05) is 24.3 Å². The highest BCUT2D eigenvalue weighted by molar-refractivity contribution is 7.21. The number of ether oxygens (including phenoxy) is 2. The summed E-state index contributed by atoms with van der Waals surface area (Å²) in [5.74, 6) is -1.71. The third-order valence-electron chi connectivity index (χ3n) is 3.30. The smallest absolute Gasteiger partial charge is 0.347 e. The van der Waals surface area contributed by atoms with Crippen molar-refractivity contribution in [1.82, 2.24) is 5.32 Å². The topological polar surface area (TPSA) is 81.7 Å². The van der Waals surface area contributed by atoms with E-state index in [9.17, 15) is 14.4 Å². The Hall–Kier alpha value is -2.12. The van der Waals surface area contributed by atoms with Crippen molar-refractivity contribution in [2.75, 3.05) is 13.2 Å². The van der Waals surface area contributed by atoms with E-state index >= 15 is 0 Å². The second kappa shape index (κ2) is 6.55. The highest BCUT2D eigenvalue weighted by Crippen LogP contribution is 2.34. The summed E-state index contributed by atoms with van der Waals surface area (Å²) in [6.07, 6.45) is -0.548. The number of nitrogens with one attached hydrogen (secondary N) is 1. The maximum Gasteiger partial charge on any atom is 0.347 e. The molecule has 1 N–H and O–H groups in total. The van der Waals surface area contributed by atoms with Crippen LogP contribution in [0, 0.1) is 0 Å². The lowest BCUT2D eigenvalue weighted by molar-refractivity contribution is -0.159. The lowest BCUT2D eigenvalue weighted by atomic mass is 10.2. The Balaban J connectivity index is 1.61. The number of esters is 2. The Morgan fingerprint density at radius 3 is 2.87 bits per heavy atom. The molecule has 2 aromatic rings. The van der Waals surface area contributed by atoms with E-state index in [2.05, 4.69) is 5.32 Å². The van der Waals surface area contributed by atoms with E-state index in [1.165, 1.54) is 11.3 Å². The van der Waals surface area contributed by atoms with Crippen LogP contribution in [0.5, 0.6) is 0 Å². The standard InChI is InChI=1S/C15H12ClNO5S/c16-12-8-3-1-2-4-10(8)23-13(12)14(19)17-7-11(18)22-9-5-6-21-15(9)20/h1-4,9H,5-7H2,(H,17,19)/t9-/m1/s1. The molecule has 1 saturated heterocycles. The first-order valence-electron chi connectivity index (χ1n) is 6.87. The molecule has 1 aromatic heterocycles. The molecule has 6 nitrogen and oxygen atoms in total. The van der Waals surface area contributed by atoms with Crippen molar-refractivity contribution < 1.29 is 23.9 Å². The number of hydrogen-bond acceptors (Lipinski definition) is 6. The van der Waals surface area contributed by atoms with Crippen LogP contribution < -0.4 is 5.32 Å². The van der Waals surface area contributed by atoms with Crippen LogP contribution in [0.15, 0.2) is 24.3 Å². The van der Waals surface area contributed by atoms with Crippen LogP contribution in [-0.4, -0.2) is 37.1 Å². The Morgan fingerprint density at radius 2 is 2.17 bits per heavy atom. The van der Waals surface area contributed by atoms with Crippen molar-refractivity contribution in [1.29, 1.82) is 0 Å². The van der Waals surface area contributed by atoms with Gasteiger partial charge in [-0.3, -0.25) is 9.59 Å². The van der Waals surface area contributed by atoms with Gasteiger partial charge in [0.05, 0.1) is 11.6 Å². The molecule has 1 aliphatic rings. The van der Waals surface area contributed by atoms with Crippen LogP contribution >= 0.6 is 22.9 Å². The minimum absolute atomic E-state index is 0.237. The number of benzene rings is 1. The number of fused-ring (bicyclic) bond motifs is 1. The molecule has 120 valence electrons. The van der Waals surface area contributed by atoms with Crippen molar-refractivity contribution in [2.24, 2.45) is 0 Å². The number of amides is 1. The summed E-state index contributed by atoms with van der Waals surface area (Å²) in [4.78, 5) is 35.4. The van der Waals surface area contributed by atoms with Gasteiger partial charge in [0.1, 0.15) is 11.4 Å². The number of hydrogen-bond donors (Lipinski definition) is 1. The van der Waals surface area contributed by atoms with Gasteiger partial charge in [-0.1, -0.05) is 29.8 Å². The minimum atomic E-state index is -0.882. The van der Waals surface area contributed by atoms with Crippen molar-refractivity contribution in [3.63, 3.8) is 0 Å². The number of halogens is 1. The normalized spacial score (nSPS) is 17.1. The predicted octanol–water partition coefficient (Wildman–Crippen LogP) is 2.14. The Labute approximate surface area is 140 Å². The lowest BCUT2D eigenvalue weighted by Crippen LogP contribution is -2.33. The highest BCUT2D eigenvalue weighted by Gasteiger charge is 2.30. The van der Waals surface area contributed by atoms with Crippen LogP contribution in [0.3, 0.4) is 0 Å². The van der Waals surface area contributed by atoms with Crippen LogP contribution in [0.2, 0.25) is 5.02 Å². The summed E-state index contributed by atoms with van der Waals surface area (Å²) >= 11 is 7.44. The average Bonchev–Trinajstić information content (AvgIpc) is 3.09. The van der Waals surface area contributed by atoms with Gasteiger partial charge in [0, 0.05) is 16.5 Å². The molecule has 0 bridgehead atoms. The predicted molar refractivity (Wildman–Crippen MR) is 84.6 cm³/mol. The molecule has 1 amide bonds. The van der Waals surface area contributed by atoms with Crippen molar-refractivity contribution in [2.45, 2.75) is 12.5 Å². The van der Waals surface area contributed by atoms with Crippen molar-refractivity contribution in [3.05, 3.63) is 34.2 Å². The summed E-state index contributed by atoms with van der Waals surface area (Å²) < 4.78 is 10.5. The van der Waals surface area contributed by atoms with Crippen LogP contribution in [0.1, 0.15) is 16.1 Å². The summed E-state index contributed by atoms with van der Waals surface area (Å²) in [7, 11) is 0. The maximum absolute atomic E-state index is 12.2. The van der Waals surface area contributed by atoms with E-state index in [4.69, 9.17) is 21.1 Å². The third kappa shape index (κ3) is 3.30.